The maximum Gasteiger partial charge on any atom is 0.410 e. The van der Waals surface area contributed by atoms with Gasteiger partial charge < -0.3 is 15.0 Å². The largest absolute Gasteiger partial charge is 0.445 e. The van der Waals surface area contributed by atoms with Gasteiger partial charge in [0.25, 0.3) is 0 Å². The molecule has 2 heterocycles. The Hall–Kier alpha value is -2.78. The second-order valence-corrected chi connectivity index (χ2v) is 10.1. The van der Waals surface area contributed by atoms with Gasteiger partial charge in [0, 0.05) is 30.9 Å². The summed E-state index contributed by atoms with van der Waals surface area (Å²) >= 11 is 5.82. The highest BCUT2D eigenvalue weighted by molar-refractivity contribution is 7.82. The zero-order valence-corrected chi connectivity index (χ0v) is 20.4. The van der Waals surface area contributed by atoms with E-state index in [0.717, 1.165) is 21.5 Å². The van der Waals surface area contributed by atoms with Crippen molar-refractivity contribution in [1.29, 1.82) is 0 Å². The van der Waals surface area contributed by atoms with Crippen molar-refractivity contribution in [2.75, 3.05) is 18.0 Å². The molecule has 0 unspecified atom stereocenters. The number of fused-ring (bicyclic) bond motifs is 1. The lowest BCUT2D eigenvalue weighted by Crippen LogP contribution is -2.52. The highest BCUT2D eigenvalue weighted by atomic mass is 32.2. The third-order valence-corrected chi connectivity index (χ3v) is 6.85. The smallest absolute Gasteiger partial charge is 0.410 e. The van der Waals surface area contributed by atoms with Gasteiger partial charge in [-0.2, -0.15) is 0 Å². The van der Waals surface area contributed by atoms with Crippen LogP contribution in [-0.2, 0) is 11.3 Å². The van der Waals surface area contributed by atoms with Crippen molar-refractivity contribution in [3.63, 3.8) is 0 Å². The lowest BCUT2D eigenvalue weighted by atomic mass is 10.1. The molecule has 7 nitrogen and oxygen atoms in total. The van der Waals surface area contributed by atoms with E-state index in [1.807, 2.05) is 62.4 Å². The molecular formula is C24H28N4O3S2. The average molecular weight is 485 g/mol. The van der Waals surface area contributed by atoms with Crippen molar-refractivity contribution in [2.24, 2.45) is 0 Å². The minimum Gasteiger partial charge on any atom is -0.445 e. The number of anilines is 1. The van der Waals surface area contributed by atoms with Gasteiger partial charge in [0.2, 0.25) is 0 Å². The summed E-state index contributed by atoms with van der Waals surface area (Å²) in [6.07, 6.45) is 1.07. The number of rotatable bonds is 5. The van der Waals surface area contributed by atoms with Gasteiger partial charge in [-0.25, -0.2) is 14.6 Å². The monoisotopic (exact) mass is 484 g/mol. The predicted octanol–water partition coefficient (Wildman–Crippen LogP) is 5.31. The van der Waals surface area contributed by atoms with Crippen molar-refractivity contribution < 1.29 is 14.3 Å². The molecule has 0 radical (unpaired) electrons. The first-order chi connectivity index (χ1) is 15.9. The number of piperidine rings is 1. The van der Waals surface area contributed by atoms with E-state index in [4.69, 9.17) is 4.74 Å². The van der Waals surface area contributed by atoms with Gasteiger partial charge in [-0.05, 0) is 50.5 Å². The molecule has 1 saturated heterocycles. The molecule has 0 spiro atoms. The van der Waals surface area contributed by atoms with Crippen LogP contribution in [0.4, 0.5) is 15.3 Å². The summed E-state index contributed by atoms with van der Waals surface area (Å²) in [7, 11) is 0. The van der Waals surface area contributed by atoms with Crippen LogP contribution in [0.5, 0.6) is 0 Å². The van der Waals surface area contributed by atoms with Gasteiger partial charge >= 0.3 is 12.1 Å². The van der Waals surface area contributed by atoms with Crippen molar-refractivity contribution in [3.05, 3.63) is 54.1 Å². The molecular weight excluding hydrogens is 456 g/mol. The van der Waals surface area contributed by atoms with Crippen LogP contribution >= 0.6 is 24.0 Å². The molecule has 4 rings (SSSR count). The van der Waals surface area contributed by atoms with Crippen LogP contribution in [0.2, 0.25) is 0 Å². The summed E-state index contributed by atoms with van der Waals surface area (Å²) < 4.78 is 7.13. The molecule has 0 atom stereocenters. The molecule has 3 amide bonds. The van der Waals surface area contributed by atoms with Crippen molar-refractivity contribution in [3.8, 4) is 0 Å². The summed E-state index contributed by atoms with van der Waals surface area (Å²) in [5.74, 6) is 0. The van der Waals surface area contributed by atoms with Crippen LogP contribution in [-0.4, -0.2) is 47.2 Å². The number of nitrogens with zero attached hydrogens (tertiary/aromatic N) is 3. The molecule has 1 aliphatic heterocycles. The van der Waals surface area contributed by atoms with Crippen LogP contribution < -0.4 is 10.2 Å². The molecule has 0 saturated carbocycles. The Balaban J connectivity index is 1.31. The zero-order valence-electron chi connectivity index (χ0n) is 18.7. The number of hydrogen-bond acceptors (Lipinski definition) is 6. The quantitative estimate of drug-likeness (QED) is 0.481. The van der Waals surface area contributed by atoms with Gasteiger partial charge in [-0.1, -0.05) is 30.3 Å². The third kappa shape index (κ3) is 5.78. The number of urea groups is 1. The number of aromatic nitrogens is 1. The normalized spacial score (nSPS) is 14.5. The van der Waals surface area contributed by atoms with Crippen molar-refractivity contribution >= 4 is 52.0 Å². The second kappa shape index (κ2) is 10.4. The summed E-state index contributed by atoms with van der Waals surface area (Å²) in [5.41, 5.74) is 2.67. The number of nitrogens with one attached hydrogen (secondary N) is 1. The SMILES string of the molecule is CC(C)N(C(=O)NC1CCN(C(=O)OCc2ccccc2)CC1)c1ccc2nc(S)sc2c1. The molecule has 1 fully saturated rings. The Morgan fingerprint density at radius 3 is 2.64 bits per heavy atom. The first-order valence-corrected chi connectivity index (χ1v) is 12.3. The van der Waals surface area contributed by atoms with Gasteiger partial charge in [0.15, 0.2) is 0 Å². The van der Waals surface area contributed by atoms with Gasteiger partial charge in [-0.15, -0.1) is 24.0 Å². The number of carbonyl (C=O) groups is 2. The number of ether oxygens (including phenoxy) is 1. The lowest BCUT2D eigenvalue weighted by Gasteiger charge is -2.34. The Morgan fingerprint density at radius 2 is 1.94 bits per heavy atom. The van der Waals surface area contributed by atoms with E-state index in [-0.39, 0.29) is 30.8 Å². The standard InChI is InChI=1S/C24H28N4O3S2/c1-16(2)28(19-8-9-20-21(14-19)33-23(32)26-20)22(29)25-18-10-12-27(13-11-18)24(30)31-15-17-6-4-3-5-7-17/h3-9,14,16,18H,10-13,15H2,1-2H3,(H,25,29)(H,26,32). The van der Waals surface area contributed by atoms with Crippen molar-refractivity contribution in [2.45, 2.75) is 49.7 Å². The Bertz CT molecular complexity index is 1110. The highest BCUT2D eigenvalue weighted by Crippen LogP contribution is 2.29. The molecule has 174 valence electrons. The van der Waals surface area contributed by atoms with E-state index >= 15 is 0 Å². The molecule has 33 heavy (non-hydrogen) atoms. The van der Waals surface area contributed by atoms with Gasteiger partial charge in [0.05, 0.1) is 10.2 Å². The second-order valence-electron chi connectivity index (χ2n) is 8.36. The maximum atomic E-state index is 13.2. The fourth-order valence-electron chi connectivity index (χ4n) is 3.96. The van der Waals surface area contributed by atoms with Crippen molar-refractivity contribution in [1.82, 2.24) is 15.2 Å². The Labute approximate surface area is 203 Å². The van der Waals surface area contributed by atoms with E-state index in [2.05, 4.69) is 22.9 Å². The molecule has 1 aliphatic rings. The summed E-state index contributed by atoms with van der Waals surface area (Å²) in [5, 5.41) is 3.15. The number of thiol groups is 1. The minimum absolute atomic E-state index is 0.00750. The molecule has 0 aliphatic carbocycles. The molecule has 0 bridgehead atoms. The van der Waals surface area contributed by atoms with E-state index in [9.17, 15) is 9.59 Å². The molecule has 1 N–H and O–H groups in total. The lowest BCUT2D eigenvalue weighted by molar-refractivity contribution is 0.0859. The number of thiazole rings is 1. The number of carbonyl (C=O) groups excluding carboxylic acids is 2. The van der Waals surface area contributed by atoms with E-state index in [1.54, 1.807) is 9.80 Å². The summed E-state index contributed by atoms with van der Waals surface area (Å²) in [4.78, 5) is 33.4. The number of benzene rings is 2. The Kier molecular flexibility index (Phi) is 7.39. The fraction of sp³-hybridized carbons (Fsp3) is 0.375. The molecule has 2 aromatic carbocycles. The molecule has 9 heteroatoms. The average Bonchev–Trinajstić information content (AvgIpc) is 3.18. The van der Waals surface area contributed by atoms with Gasteiger partial charge in [-0.3, -0.25) is 4.90 Å². The summed E-state index contributed by atoms with van der Waals surface area (Å²) in [6.45, 7) is 5.35. The fourth-order valence-corrected chi connectivity index (χ4v) is 5.10. The van der Waals surface area contributed by atoms with Crippen LogP contribution in [0.3, 0.4) is 0 Å². The van der Waals surface area contributed by atoms with E-state index in [1.165, 1.54) is 11.3 Å². The number of amides is 3. The predicted molar refractivity (Wildman–Crippen MR) is 134 cm³/mol. The van der Waals surface area contributed by atoms with E-state index < -0.39 is 0 Å². The topological polar surface area (TPSA) is 74.8 Å². The van der Waals surface area contributed by atoms with Crippen LogP contribution in [0.25, 0.3) is 10.2 Å². The van der Waals surface area contributed by atoms with Gasteiger partial charge in [0.1, 0.15) is 10.9 Å². The number of likely N-dealkylation sites (tertiary alicyclic amines) is 1. The van der Waals surface area contributed by atoms with Crippen LogP contribution in [0.1, 0.15) is 32.3 Å². The highest BCUT2D eigenvalue weighted by Gasteiger charge is 2.27. The minimum atomic E-state index is -0.311. The first kappa shape index (κ1) is 23.4. The van der Waals surface area contributed by atoms with Crippen LogP contribution in [0, 0.1) is 0 Å². The van der Waals surface area contributed by atoms with Crippen LogP contribution in [0.15, 0.2) is 52.9 Å². The number of hydrogen-bond donors (Lipinski definition) is 2. The molecule has 3 aromatic rings. The zero-order chi connectivity index (χ0) is 23.4. The molecule has 1 aromatic heterocycles. The Morgan fingerprint density at radius 1 is 1.21 bits per heavy atom. The first-order valence-electron chi connectivity index (χ1n) is 11.1. The summed E-state index contributed by atoms with van der Waals surface area (Å²) in [6, 6.07) is 15.3. The van der Waals surface area contributed by atoms with E-state index in [0.29, 0.717) is 30.3 Å². The third-order valence-electron chi connectivity index (χ3n) is 5.66. The maximum absolute atomic E-state index is 13.2.